The number of hydrogen-bond acceptors (Lipinski definition) is 4. The van der Waals surface area contributed by atoms with E-state index in [9.17, 15) is 19.5 Å². The molecule has 2 amide bonds. The van der Waals surface area contributed by atoms with Gasteiger partial charge in [-0.05, 0) is 40.5 Å². The minimum absolute atomic E-state index is 0.0217. The Morgan fingerprint density at radius 3 is 2.03 bits per heavy atom. The molecule has 1 aliphatic carbocycles. The lowest BCUT2D eigenvalue weighted by Gasteiger charge is -2.24. The van der Waals surface area contributed by atoms with Gasteiger partial charge in [0, 0.05) is 18.4 Å². The van der Waals surface area contributed by atoms with E-state index in [0.717, 1.165) is 28.7 Å². The fraction of sp³-hybridized carbons (Fsp3) is 0.464. The molecule has 0 radical (unpaired) electrons. The Bertz CT molecular complexity index is 1010. The van der Waals surface area contributed by atoms with E-state index in [4.69, 9.17) is 4.74 Å². The summed E-state index contributed by atoms with van der Waals surface area (Å²) in [5, 5.41) is 14.9. The van der Waals surface area contributed by atoms with Crippen LogP contribution in [0.1, 0.15) is 64.0 Å². The number of hydrogen-bond donors (Lipinski definition) is 3. The Hall–Kier alpha value is -3.35. The molecule has 35 heavy (non-hydrogen) atoms. The van der Waals surface area contributed by atoms with E-state index in [2.05, 4.69) is 34.9 Å². The standard InChI is InChI=1S/C28H36N2O5/c1-5-18(4)14-25(27(32)33)29-26(31)15-24(17(2)3)30-28(34)35-16-23-21-12-8-6-10-19(21)20-11-7-9-13-22(20)23/h6-13,17-18,23-25H,5,14-16H2,1-4H3,(H,29,31)(H,30,34)(H,32,33)/t18?,24-,25?/m1/s1. The highest BCUT2D eigenvalue weighted by atomic mass is 16.5. The first-order valence-electron chi connectivity index (χ1n) is 12.3. The average Bonchev–Trinajstić information content (AvgIpc) is 3.15. The van der Waals surface area contributed by atoms with E-state index < -0.39 is 30.1 Å². The summed E-state index contributed by atoms with van der Waals surface area (Å²) >= 11 is 0. The van der Waals surface area contributed by atoms with Gasteiger partial charge in [-0.15, -0.1) is 0 Å². The molecule has 0 fully saturated rings. The number of nitrogens with one attached hydrogen (secondary N) is 2. The highest BCUT2D eigenvalue weighted by Gasteiger charge is 2.30. The maximum atomic E-state index is 12.7. The Kier molecular flexibility index (Phi) is 8.90. The van der Waals surface area contributed by atoms with Crippen molar-refractivity contribution < 1.29 is 24.2 Å². The summed E-state index contributed by atoms with van der Waals surface area (Å²) in [6.45, 7) is 7.92. The lowest BCUT2D eigenvalue weighted by atomic mass is 9.97. The molecular formula is C28H36N2O5. The molecule has 3 rings (SSSR count). The van der Waals surface area contributed by atoms with Gasteiger partial charge in [-0.25, -0.2) is 9.59 Å². The van der Waals surface area contributed by atoms with Crippen LogP contribution in [-0.4, -0.2) is 41.8 Å². The Morgan fingerprint density at radius 2 is 1.51 bits per heavy atom. The average molecular weight is 481 g/mol. The number of carbonyl (C=O) groups is 3. The second-order valence-electron chi connectivity index (χ2n) is 9.73. The zero-order valence-corrected chi connectivity index (χ0v) is 20.9. The normalized spacial score (nSPS) is 15.0. The van der Waals surface area contributed by atoms with Crippen LogP contribution in [0, 0.1) is 11.8 Å². The largest absolute Gasteiger partial charge is 0.480 e. The molecular weight excluding hydrogens is 444 g/mol. The Labute approximate surface area is 207 Å². The monoisotopic (exact) mass is 480 g/mol. The second-order valence-corrected chi connectivity index (χ2v) is 9.73. The predicted molar refractivity (Wildman–Crippen MR) is 135 cm³/mol. The molecule has 2 aromatic rings. The number of alkyl carbamates (subject to hydrolysis) is 1. The van der Waals surface area contributed by atoms with Crippen molar-refractivity contribution in [2.75, 3.05) is 6.61 Å². The Balaban J connectivity index is 1.59. The number of fused-ring (bicyclic) bond motifs is 3. The third-order valence-corrected chi connectivity index (χ3v) is 6.83. The van der Waals surface area contributed by atoms with Crippen molar-refractivity contribution in [2.24, 2.45) is 11.8 Å². The highest BCUT2D eigenvalue weighted by Crippen LogP contribution is 2.44. The van der Waals surface area contributed by atoms with Crippen LogP contribution < -0.4 is 10.6 Å². The summed E-state index contributed by atoms with van der Waals surface area (Å²) in [4.78, 5) is 36.8. The quantitative estimate of drug-likeness (QED) is 0.422. The molecule has 0 bridgehead atoms. The minimum Gasteiger partial charge on any atom is -0.480 e. The SMILES string of the molecule is CCC(C)CC(NC(=O)C[C@@H](NC(=O)OCC1c2ccccc2-c2ccccc21)C(C)C)C(=O)O. The third-order valence-electron chi connectivity index (χ3n) is 6.83. The van der Waals surface area contributed by atoms with Crippen LogP contribution in [0.4, 0.5) is 4.79 Å². The molecule has 0 saturated heterocycles. The van der Waals surface area contributed by atoms with E-state index in [1.54, 1.807) is 0 Å². The van der Waals surface area contributed by atoms with E-state index in [1.807, 2.05) is 52.0 Å². The molecule has 3 atom stereocenters. The maximum absolute atomic E-state index is 12.7. The predicted octanol–water partition coefficient (Wildman–Crippen LogP) is 4.95. The molecule has 0 heterocycles. The van der Waals surface area contributed by atoms with Gasteiger partial charge in [-0.2, -0.15) is 0 Å². The molecule has 7 nitrogen and oxygen atoms in total. The van der Waals surface area contributed by atoms with Gasteiger partial charge in [0.1, 0.15) is 12.6 Å². The van der Waals surface area contributed by atoms with Crippen LogP contribution in [0.25, 0.3) is 11.1 Å². The van der Waals surface area contributed by atoms with E-state index >= 15 is 0 Å². The number of rotatable bonds is 11. The molecule has 0 saturated carbocycles. The number of carboxylic acids is 1. The number of benzene rings is 2. The second kappa shape index (κ2) is 11.9. The first-order chi connectivity index (χ1) is 16.7. The first-order valence-corrected chi connectivity index (χ1v) is 12.3. The van der Waals surface area contributed by atoms with Gasteiger partial charge in [0.05, 0.1) is 0 Å². The number of amides is 2. The summed E-state index contributed by atoms with van der Waals surface area (Å²) in [6.07, 6.45) is 0.584. The van der Waals surface area contributed by atoms with E-state index in [0.29, 0.717) is 6.42 Å². The molecule has 3 N–H and O–H groups in total. The molecule has 0 aromatic heterocycles. The molecule has 2 unspecified atom stereocenters. The summed E-state index contributed by atoms with van der Waals surface area (Å²) < 4.78 is 5.61. The lowest BCUT2D eigenvalue weighted by Crippen LogP contribution is -2.47. The van der Waals surface area contributed by atoms with Gasteiger partial charge < -0.3 is 20.5 Å². The van der Waals surface area contributed by atoms with Gasteiger partial charge in [0.2, 0.25) is 5.91 Å². The van der Waals surface area contributed by atoms with Gasteiger partial charge in [0.25, 0.3) is 0 Å². The van der Waals surface area contributed by atoms with E-state index in [1.165, 1.54) is 0 Å². The van der Waals surface area contributed by atoms with Crippen molar-refractivity contribution in [3.8, 4) is 11.1 Å². The van der Waals surface area contributed by atoms with Crippen LogP contribution in [0.2, 0.25) is 0 Å². The summed E-state index contributed by atoms with van der Waals surface area (Å²) in [7, 11) is 0. The van der Waals surface area contributed by atoms with Crippen molar-refractivity contribution in [2.45, 2.75) is 65.0 Å². The maximum Gasteiger partial charge on any atom is 0.407 e. The fourth-order valence-corrected chi connectivity index (χ4v) is 4.49. The molecule has 188 valence electrons. The zero-order chi connectivity index (χ0) is 25.5. The van der Waals surface area contributed by atoms with Crippen LogP contribution in [0.3, 0.4) is 0 Å². The summed E-state index contributed by atoms with van der Waals surface area (Å²) in [5.41, 5.74) is 4.56. The number of ether oxygens (including phenoxy) is 1. The van der Waals surface area contributed by atoms with Gasteiger partial charge >= 0.3 is 12.1 Å². The van der Waals surface area contributed by atoms with Crippen molar-refractivity contribution in [3.05, 3.63) is 59.7 Å². The van der Waals surface area contributed by atoms with Gasteiger partial charge in [0.15, 0.2) is 0 Å². The summed E-state index contributed by atoms with van der Waals surface area (Å²) in [5.74, 6) is -1.37. The smallest absolute Gasteiger partial charge is 0.407 e. The van der Waals surface area contributed by atoms with E-state index in [-0.39, 0.29) is 30.8 Å². The molecule has 2 aromatic carbocycles. The van der Waals surface area contributed by atoms with Crippen molar-refractivity contribution in [3.63, 3.8) is 0 Å². The topological polar surface area (TPSA) is 105 Å². The number of aliphatic carboxylic acids is 1. The molecule has 7 heteroatoms. The summed E-state index contributed by atoms with van der Waals surface area (Å²) in [6, 6.07) is 14.8. The number of carboxylic acid groups (broad SMARTS) is 1. The van der Waals surface area contributed by atoms with Gasteiger partial charge in [-0.1, -0.05) is 82.6 Å². The van der Waals surface area contributed by atoms with Crippen LogP contribution in [0.5, 0.6) is 0 Å². The third kappa shape index (κ3) is 6.62. The first kappa shape index (κ1) is 26.3. The van der Waals surface area contributed by atoms with Crippen molar-refractivity contribution in [1.82, 2.24) is 10.6 Å². The van der Waals surface area contributed by atoms with Crippen LogP contribution in [-0.2, 0) is 14.3 Å². The van der Waals surface area contributed by atoms with Crippen molar-refractivity contribution in [1.29, 1.82) is 0 Å². The lowest BCUT2D eigenvalue weighted by molar-refractivity contribution is -0.142. The minimum atomic E-state index is -1.05. The molecule has 1 aliphatic rings. The molecule has 0 spiro atoms. The zero-order valence-electron chi connectivity index (χ0n) is 20.9. The molecule has 0 aliphatic heterocycles. The number of carbonyl (C=O) groups excluding carboxylic acids is 2. The Morgan fingerprint density at radius 1 is 0.943 bits per heavy atom. The van der Waals surface area contributed by atoms with Gasteiger partial charge in [-0.3, -0.25) is 4.79 Å². The van der Waals surface area contributed by atoms with Crippen LogP contribution in [0.15, 0.2) is 48.5 Å². The highest BCUT2D eigenvalue weighted by molar-refractivity contribution is 5.84. The fourth-order valence-electron chi connectivity index (χ4n) is 4.49. The van der Waals surface area contributed by atoms with Crippen LogP contribution >= 0.6 is 0 Å². The van der Waals surface area contributed by atoms with Crippen molar-refractivity contribution >= 4 is 18.0 Å².